The van der Waals surface area contributed by atoms with Gasteiger partial charge in [0, 0.05) is 16.3 Å². The second-order valence-corrected chi connectivity index (χ2v) is 5.15. The van der Waals surface area contributed by atoms with E-state index < -0.39 is 0 Å². The van der Waals surface area contributed by atoms with E-state index in [1.807, 2.05) is 51.1 Å². The van der Waals surface area contributed by atoms with Gasteiger partial charge in [-0.05, 0) is 67.8 Å². The zero-order valence-electron chi connectivity index (χ0n) is 11.3. The monoisotopic (exact) mass is 273 g/mol. The molecule has 0 aliphatic carbocycles. The molecule has 0 atom stereocenters. The van der Waals surface area contributed by atoms with Crippen molar-refractivity contribution in [3.8, 4) is 0 Å². The van der Waals surface area contributed by atoms with Gasteiger partial charge in [-0.15, -0.1) is 0 Å². The van der Waals surface area contributed by atoms with E-state index in [1.165, 1.54) is 5.56 Å². The van der Waals surface area contributed by atoms with Crippen LogP contribution in [0, 0.1) is 20.8 Å². The van der Waals surface area contributed by atoms with E-state index in [0.717, 1.165) is 16.8 Å². The Balaban J connectivity index is 2.23. The lowest BCUT2D eigenvalue weighted by Crippen LogP contribution is -2.13. The Bertz CT molecular complexity index is 635. The Hall–Kier alpha value is -1.80. The molecule has 19 heavy (non-hydrogen) atoms. The number of benzene rings is 2. The Labute approximate surface area is 118 Å². The van der Waals surface area contributed by atoms with E-state index in [-0.39, 0.29) is 5.91 Å². The predicted molar refractivity (Wildman–Crippen MR) is 80.1 cm³/mol. The van der Waals surface area contributed by atoms with E-state index in [2.05, 4.69) is 5.32 Å². The third-order valence-electron chi connectivity index (χ3n) is 3.21. The van der Waals surface area contributed by atoms with Crippen LogP contribution < -0.4 is 5.32 Å². The second-order valence-electron chi connectivity index (χ2n) is 4.71. The predicted octanol–water partition coefficient (Wildman–Crippen LogP) is 4.52. The summed E-state index contributed by atoms with van der Waals surface area (Å²) < 4.78 is 0. The van der Waals surface area contributed by atoms with Crippen LogP contribution in [0.15, 0.2) is 36.4 Å². The van der Waals surface area contributed by atoms with Crippen molar-refractivity contribution in [3.63, 3.8) is 0 Å². The minimum Gasteiger partial charge on any atom is -0.322 e. The number of aryl methyl sites for hydroxylation is 3. The molecular weight excluding hydrogens is 258 g/mol. The standard InChI is InChI=1S/C16H16ClNO/c1-10-4-5-13(8-11(10)2)16(19)18-15-7-6-14(17)9-12(15)3/h4-9H,1-3H3,(H,18,19). The van der Waals surface area contributed by atoms with Gasteiger partial charge in [-0.25, -0.2) is 0 Å². The molecule has 0 aromatic heterocycles. The average molecular weight is 274 g/mol. The maximum Gasteiger partial charge on any atom is 0.255 e. The molecular formula is C16H16ClNO. The van der Waals surface area contributed by atoms with Crippen LogP contribution in [-0.2, 0) is 0 Å². The summed E-state index contributed by atoms with van der Waals surface area (Å²) in [5.74, 6) is -0.103. The van der Waals surface area contributed by atoms with Crippen LogP contribution >= 0.6 is 11.6 Å². The van der Waals surface area contributed by atoms with Gasteiger partial charge in [0.1, 0.15) is 0 Å². The first-order valence-corrected chi connectivity index (χ1v) is 6.50. The van der Waals surface area contributed by atoms with Crippen LogP contribution in [0.2, 0.25) is 5.02 Å². The maximum atomic E-state index is 12.2. The van der Waals surface area contributed by atoms with E-state index in [9.17, 15) is 4.79 Å². The van der Waals surface area contributed by atoms with Crippen molar-refractivity contribution in [2.24, 2.45) is 0 Å². The number of nitrogens with one attached hydrogen (secondary N) is 1. The zero-order chi connectivity index (χ0) is 14.0. The minimum atomic E-state index is -0.103. The topological polar surface area (TPSA) is 29.1 Å². The summed E-state index contributed by atoms with van der Waals surface area (Å²) >= 11 is 5.90. The smallest absolute Gasteiger partial charge is 0.255 e. The first-order chi connectivity index (χ1) is 8.97. The van der Waals surface area contributed by atoms with Crippen molar-refractivity contribution in [2.45, 2.75) is 20.8 Å². The second kappa shape index (κ2) is 5.45. The van der Waals surface area contributed by atoms with Gasteiger partial charge < -0.3 is 5.32 Å². The van der Waals surface area contributed by atoms with Gasteiger partial charge in [0.25, 0.3) is 5.91 Å². The first-order valence-electron chi connectivity index (χ1n) is 6.12. The molecule has 2 nitrogen and oxygen atoms in total. The molecule has 0 spiro atoms. The maximum absolute atomic E-state index is 12.2. The van der Waals surface area contributed by atoms with Crippen molar-refractivity contribution in [1.82, 2.24) is 0 Å². The number of carbonyl (C=O) groups is 1. The molecule has 1 N–H and O–H groups in total. The Morgan fingerprint density at radius 1 is 0.947 bits per heavy atom. The highest BCUT2D eigenvalue weighted by molar-refractivity contribution is 6.30. The number of halogens is 1. The minimum absolute atomic E-state index is 0.103. The first kappa shape index (κ1) is 13.6. The summed E-state index contributed by atoms with van der Waals surface area (Å²) in [4.78, 5) is 12.2. The normalized spacial score (nSPS) is 10.3. The van der Waals surface area contributed by atoms with E-state index in [1.54, 1.807) is 6.07 Å². The van der Waals surface area contributed by atoms with Crippen molar-refractivity contribution in [3.05, 3.63) is 63.7 Å². The fraction of sp³-hybridized carbons (Fsp3) is 0.188. The molecule has 2 aromatic rings. The van der Waals surface area contributed by atoms with Gasteiger partial charge in [0.05, 0.1) is 0 Å². The number of carbonyl (C=O) groups excluding carboxylic acids is 1. The largest absolute Gasteiger partial charge is 0.322 e. The van der Waals surface area contributed by atoms with Gasteiger partial charge in [-0.3, -0.25) is 4.79 Å². The fourth-order valence-corrected chi connectivity index (χ4v) is 2.07. The van der Waals surface area contributed by atoms with Gasteiger partial charge in [-0.1, -0.05) is 17.7 Å². The molecule has 0 aliphatic heterocycles. The summed E-state index contributed by atoms with van der Waals surface area (Å²) in [7, 11) is 0. The van der Waals surface area contributed by atoms with E-state index >= 15 is 0 Å². The molecule has 0 saturated carbocycles. The van der Waals surface area contributed by atoms with Crippen LogP contribution in [-0.4, -0.2) is 5.91 Å². The molecule has 0 fully saturated rings. The summed E-state index contributed by atoms with van der Waals surface area (Å²) in [5.41, 5.74) is 4.69. The number of amides is 1. The molecule has 98 valence electrons. The third-order valence-corrected chi connectivity index (χ3v) is 3.44. The summed E-state index contributed by atoms with van der Waals surface area (Å²) in [5, 5.41) is 3.57. The average Bonchev–Trinajstić information content (AvgIpc) is 2.36. The number of hydrogen-bond donors (Lipinski definition) is 1. The van der Waals surface area contributed by atoms with Crippen LogP contribution in [0.3, 0.4) is 0 Å². The van der Waals surface area contributed by atoms with E-state index in [0.29, 0.717) is 10.6 Å². The molecule has 0 unspecified atom stereocenters. The number of anilines is 1. The number of hydrogen-bond acceptors (Lipinski definition) is 1. The zero-order valence-corrected chi connectivity index (χ0v) is 12.0. The SMILES string of the molecule is Cc1ccc(C(=O)Nc2ccc(Cl)cc2C)cc1C. The molecule has 0 heterocycles. The molecule has 0 saturated heterocycles. The highest BCUT2D eigenvalue weighted by Crippen LogP contribution is 2.20. The molecule has 3 heteroatoms. The van der Waals surface area contributed by atoms with E-state index in [4.69, 9.17) is 11.6 Å². The van der Waals surface area contributed by atoms with Crippen LogP contribution in [0.25, 0.3) is 0 Å². The lowest BCUT2D eigenvalue weighted by Gasteiger charge is -2.10. The van der Waals surface area contributed by atoms with Gasteiger partial charge in [0.15, 0.2) is 0 Å². The summed E-state index contributed by atoms with van der Waals surface area (Å²) in [6.45, 7) is 5.95. The molecule has 0 aliphatic rings. The van der Waals surface area contributed by atoms with Gasteiger partial charge in [0.2, 0.25) is 0 Å². The quantitative estimate of drug-likeness (QED) is 0.856. The van der Waals surface area contributed by atoms with Crippen LogP contribution in [0.4, 0.5) is 5.69 Å². The van der Waals surface area contributed by atoms with Gasteiger partial charge in [-0.2, -0.15) is 0 Å². The molecule has 0 bridgehead atoms. The highest BCUT2D eigenvalue weighted by Gasteiger charge is 2.08. The van der Waals surface area contributed by atoms with Crippen molar-refractivity contribution in [1.29, 1.82) is 0 Å². The molecule has 2 aromatic carbocycles. The lowest BCUT2D eigenvalue weighted by atomic mass is 10.1. The highest BCUT2D eigenvalue weighted by atomic mass is 35.5. The lowest BCUT2D eigenvalue weighted by molar-refractivity contribution is 0.102. The van der Waals surface area contributed by atoms with Crippen LogP contribution in [0.1, 0.15) is 27.0 Å². The summed E-state index contributed by atoms with van der Waals surface area (Å²) in [6, 6.07) is 11.1. The van der Waals surface area contributed by atoms with Crippen LogP contribution in [0.5, 0.6) is 0 Å². The third kappa shape index (κ3) is 3.15. The Kier molecular flexibility index (Phi) is 3.91. The van der Waals surface area contributed by atoms with Gasteiger partial charge >= 0.3 is 0 Å². The molecule has 2 rings (SSSR count). The van der Waals surface area contributed by atoms with Crippen molar-refractivity contribution in [2.75, 3.05) is 5.32 Å². The Morgan fingerprint density at radius 2 is 1.68 bits per heavy atom. The molecule has 0 radical (unpaired) electrons. The molecule has 1 amide bonds. The fourth-order valence-electron chi connectivity index (χ4n) is 1.84. The number of rotatable bonds is 2. The van der Waals surface area contributed by atoms with Crippen molar-refractivity contribution >= 4 is 23.2 Å². The van der Waals surface area contributed by atoms with Crippen molar-refractivity contribution < 1.29 is 4.79 Å². The summed E-state index contributed by atoms with van der Waals surface area (Å²) in [6.07, 6.45) is 0. The Morgan fingerprint density at radius 3 is 2.32 bits per heavy atom.